The quantitative estimate of drug-likeness (QED) is 0.860. The van der Waals surface area contributed by atoms with Gasteiger partial charge in [0.15, 0.2) is 0 Å². The van der Waals surface area contributed by atoms with Gasteiger partial charge in [0.05, 0.1) is 12.2 Å². The molecular formula is C15H15NO2S. The number of para-hydroxylation sites is 2. The number of carbonyl (C=O) groups excluding carboxylic acids is 1. The number of amides is 1. The topological polar surface area (TPSA) is 29.5 Å². The second kappa shape index (κ2) is 5.45. The summed E-state index contributed by atoms with van der Waals surface area (Å²) in [6.07, 6.45) is 1.35. The molecule has 0 unspecified atom stereocenters. The molecule has 1 aromatic carbocycles. The molecule has 98 valence electrons. The number of carbonyl (C=O) groups is 1. The van der Waals surface area contributed by atoms with Crippen molar-refractivity contribution in [3.8, 4) is 5.75 Å². The zero-order valence-electron chi connectivity index (χ0n) is 10.5. The third kappa shape index (κ3) is 2.63. The lowest BCUT2D eigenvalue weighted by molar-refractivity contribution is -0.118. The van der Waals surface area contributed by atoms with Crippen LogP contribution in [0.3, 0.4) is 0 Å². The molecule has 1 aromatic heterocycles. The summed E-state index contributed by atoms with van der Waals surface area (Å²) in [6.45, 7) is 1.21. The maximum Gasteiger partial charge on any atom is 0.227 e. The second-order valence-corrected chi connectivity index (χ2v) is 5.27. The standard InChI is InChI=1S/C15H15NO2S/c17-15(6-5-12-7-10-19-11-12)16-8-9-18-14-4-2-1-3-13(14)16/h1-4,7,10-11H,5-6,8-9H2. The highest BCUT2D eigenvalue weighted by atomic mass is 32.1. The average Bonchev–Trinajstić information content (AvgIpc) is 2.97. The van der Waals surface area contributed by atoms with Crippen LogP contribution in [0.1, 0.15) is 12.0 Å². The Kier molecular flexibility index (Phi) is 3.51. The van der Waals surface area contributed by atoms with Crippen molar-refractivity contribution in [3.05, 3.63) is 46.7 Å². The molecule has 2 heterocycles. The van der Waals surface area contributed by atoms with Gasteiger partial charge in [-0.2, -0.15) is 11.3 Å². The molecule has 19 heavy (non-hydrogen) atoms. The van der Waals surface area contributed by atoms with Gasteiger partial charge in [0, 0.05) is 6.42 Å². The monoisotopic (exact) mass is 273 g/mol. The van der Waals surface area contributed by atoms with E-state index in [1.165, 1.54) is 5.56 Å². The minimum Gasteiger partial charge on any atom is -0.490 e. The Balaban J connectivity index is 1.71. The molecule has 0 bridgehead atoms. The van der Waals surface area contributed by atoms with Gasteiger partial charge in [0.25, 0.3) is 0 Å². The molecule has 3 rings (SSSR count). The summed E-state index contributed by atoms with van der Waals surface area (Å²) in [4.78, 5) is 14.2. The van der Waals surface area contributed by atoms with E-state index in [9.17, 15) is 4.79 Å². The number of hydrogen-bond acceptors (Lipinski definition) is 3. The third-order valence-electron chi connectivity index (χ3n) is 3.24. The van der Waals surface area contributed by atoms with E-state index in [0.29, 0.717) is 19.6 Å². The molecule has 1 aliphatic rings. The lowest BCUT2D eigenvalue weighted by atomic mass is 10.1. The fourth-order valence-corrected chi connectivity index (χ4v) is 2.95. The van der Waals surface area contributed by atoms with E-state index in [2.05, 4.69) is 11.4 Å². The fourth-order valence-electron chi connectivity index (χ4n) is 2.25. The average molecular weight is 273 g/mol. The molecule has 0 spiro atoms. The number of hydrogen-bond donors (Lipinski definition) is 0. The summed E-state index contributed by atoms with van der Waals surface area (Å²) < 4.78 is 5.56. The maximum absolute atomic E-state index is 12.3. The molecule has 0 fully saturated rings. The van der Waals surface area contributed by atoms with Crippen molar-refractivity contribution < 1.29 is 9.53 Å². The maximum atomic E-state index is 12.3. The Bertz CT molecular complexity index is 565. The van der Waals surface area contributed by atoms with Crippen LogP contribution in [0.5, 0.6) is 5.75 Å². The van der Waals surface area contributed by atoms with Gasteiger partial charge in [-0.3, -0.25) is 4.79 Å². The van der Waals surface area contributed by atoms with Crippen LogP contribution in [0.15, 0.2) is 41.1 Å². The Hall–Kier alpha value is -1.81. The van der Waals surface area contributed by atoms with Gasteiger partial charge >= 0.3 is 0 Å². The SMILES string of the molecule is O=C(CCc1ccsc1)N1CCOc2ccccc21. The van der Waals surface area contributed by atoms with Gasteiger partial charge in [0.1, 0.15) is 12.4 Å². The first-order valence-corrected chi connectivity index (χ1v) is 7.32. The Morgan fingerprint density at radius 2 is 2.21 bits per heavy atom. The van der Waals surface area contributed by atoms with Crippen molar-refractivity contribution in [1.82, 2.24) is 0 Å². The molecule has 2 aromatic rings. The highest BCUT2D eigenvalue weighted by Crippen LogP contribution is 2.31. The van der Waals surface area contributed by atoms with Crippen molar-refractivity contribution in [2.45, 2.75) is 12.8 Å². The van der Waals surface area contributed by atoms with E-state index < -0.39 is 0 Å². The molecule has 0 saturated heterocycles. The van der Waals surface area contributed by atoms with E-state index >= 15 is 0 Å². The number of thiophene rings is 1. The first-order valence-electron chi connectivity index (χ1n) is 6.38. The van der Waals surface area contributed by atoms with Crippen molar-refractivity contribution in [3.63, 3.8) is 0 Å². The normalized spacial score (nSPS) is 13.8. The van der Waals surface area contributed by atoms with Crippen molar-refractivity contribution in [2.75, 3.05) is 18.1 Å². The number of fused-ring (bicyclic) bond motifs is 1. The van der Waals surface area contributed by atoms with Crippen LogP contribution in [-0.2, 0) is 11.2 Å². The van der Waals surface area contributed by atoms with E-state index in [1.54, 1.807) is 11.3 Å². The zero-order chi connectivity index (χ0) is 13.1. The van der Waals surface area contributed by atoms with Gasteiger partial charge in [-0.15, -0.1) is 0 Å². The number of nitrogens with zero attached hydrogens (tertiary/aromatic N) is 1. The summed E-state index contributed by atoms with van der Waals surface area (Å²) in [5, 5.41) is 4.14. The lowest BCUT2D eigenvalue weighted by Crippen LogP contribution is -2.38. The first kappa shape index (κ1) is 12.2. The number of rotatable bonds is 3. The number of benzene rings is 1. The molecule has 1 amide bonds. The molecule has 0 N–H and O–H groups in total. The second-order valence-electron chi connectivity index (χ2n) is 4.49. The van der Waals surface area contributed by atoms with E-state index in [0.717, 1.165) is 17.9 Å². The fraction of sp³-hybridized carbons (Fsp3) is 0.267. The van der Waals surface area contributed by atoms with E-state index in [1.807, 2.05) is 34.5 Å². The van der Waals surface area contributed by atoms with Gasteiger partial charge in [0.2, 0.25) is 5.91 Å². The molecular weight excluding hydrogens is 258 g/mol. The van der Waals surface area contributed by atoms with E-state index in [4.69, 9.17) is 4.74 Å². The molecule has 1 aliphatic heterocycles. The van der Waals surface area contributed by atoms with Gasteiger partial charge in [-0.1, -0.05) is 12.1 Å². The van der Waals surface area contributed by atoms with Gasteiger partial charge in [-0.25, -0.2) is 0 Å². The predicted molar refractivity (Wildman–Crippen MR) is 76.9 cm³/mol. The van der Waals surface area contributed by atoms with Crippen LogP contribution in [0.4, 0.5) is 5.69 Å². The number of aryl methyl sites for hydroxylation is 1. The minimum absolute atomic E-state index is 0.168. The van der Waals surface area contributed by atoms with Crippen LogP contribution in [0, 0.1) is 0 Å². The van der Waals surface area contributed by atoms with Crippen LogP contribution < -0.4 is 9.64 Å². The molecule has 0 atom stereocenters. The minimum atomic E-state index is 0.168. The third-order valence-corrected chi connectivity index (χ3v) is 3.97. The summed E-state index contributed by atoms with van der Waals surface area (Å²) in [5.74, 6) is 0.972. The predicted octanol–water partition coefficient (Wildman–Crippen LogP) is 3.11. The summed E-state index contributed by atoms with van der Waals surface area (Å²) in [5.41, 5.74) is 2.13. The van der Waals surface area contributed by atoms with Crippen LogP contribution >= 0.6 is 11.3 Å². The highest BCUT2D eigenvalue weighted by molar-refractivity contribution is 7.07. The molecule has 4 heteroatoms. The first-order chi connectivity index (χ1) is 9.34. The summed E-state index contributed by atoms with van der Waals surface area (Å²) >= 11 is 1.67. The van der Waals surface area contributed by atoms with Crippen LogP contribution in [0.2, 0.25) is 0 Å². The number of ether oxygens (including phenoxy) is 1. The van der Waals surface area contributed by atoms with E-state index in [-0.39, 0.29) is 5.91 Å². The number of anilines is 1. The summed E-state index contributed by atoms with van der Waals surface area (Å²) in [7, 11) is 0. The van der Waals surface area contributed by atoms with Gasteiger partial charge < -0.3 is 9.64 Å². The molecule has 3 nitrogen and oxygen atoms in total. The van der Waals surface area contributed by atoms with Crippen molar-refractivity contribution >= 4 is 22.9 Å². The van der Waals surface area contributed by atoms with Crippen LogP contribution in [0.25, 0.3) is 0 Å². The molecule has 0 radical (unpaired) electrons. The van der Waals surface area contributed by atoms with Gasteiger partial charge in [-0.05, 0) is 40.9 Å². The largest absolute Gasteiger partial charge is 0.490 e. The Morgan fingerprint density at radius 1 is 1.32 bits per heavy atom. The van der Waals surface area contributed by atoms with Crippen LogP contribution in [-0.4, -0.2) is 19.1 Å². The smallest absolute Gasteiger partial charge is 0.227 e. The highest BCUT2D eigenvalue weighted by Gasteiger charge is 2.22. The summed E-state index contributed by atoms with van der Waals surface area (Å²) in [6, 6.07) is 9.79. The van der Waals surface area contributed by atoms with Crippen molar-refractivity contribution in [2.24, 2.45) is 0 Å². The van der Waals surface area contributed by atoms with Crippen molar-refractivity contribution in [1.29, 1.82) is 0 Å². The molecule has 0 saturated carbocycles. The zero-order valence-corrected chi connectivity index (χ0v) is 11.4. The Morgan fingerprint density at radius 3 is 3.05 bits per heavy atom. The lowest BCUT2D eigenvalue weighted by Gasteiger charge is -2.29. The molecule has 0 aliphatic carbocycles. The Labute approximate surface area is 116 Å².